The van der Waals surface area contributed by atoms with Crippen molar-refractivity contribution in [3.05, 3.63) is 99.9 Å². The highest BCUT2D eigenvalue weighted by molar-refractivity contribution is 5.63. The number of ether oxygens (including phenoxy) is 1. The normalized spacial score (nSPS) is 20.6. The Morgan fingerprint density at radius 3 is 2.44 bits per heavy atom. The average molecular weight is 324 g/mol. The van der Waals surface area contributed by atoms with E-state index in [0.29, 0.717) is 0 Å². The molecule has 122 valence electrons. The molecule has 1 nitrogen and oxygen atoms in total. The van der Waals surface area contributed by atoms with E-state index in [1.807, 2.05) is 0 Å². The molecule has 1 unspecified atom stereocenters. The first kappa shape index (κ1) is 14.5. The standard InChI is InChI=1S/C24H20O/c1-2-8-21(9-3-1)24(14-12-18-6-4-5-7-20(18)17-24)22-10-11-23-19(16-22)13-15-25-23/h1-12,16-17H,13-15H2. The van der Waals surface area contributed by atoms with Gasteiger partial charge in [0.15, 0.2) is 0 Å². The second kappa shape index (κ2) is 5.63. The minimum Gasteiger partial charge on any atom is -0.493 e. The van der Waals surface area contributed by atoms with Gasteiger partial charge in [0.05, 0.1) is 6.61 Å². The van der Waals surface area contributed by atoms with Gasteiger partial charge in [0.25, 0.3) is 0 Å². The van der Waals surface area contributed by atoms with Crippen molar-refractivity contribution < 1.29 is 4.74 Å². The van der Waals surface area contributed by atoms with Gasteiger partial charge in [0.2, 0.25) is 0 Å². The van der Waals surface area contributed by atoms with E-state index in [2.05, 4.69) is 84.9 Å². The van der Waals surface area contributed by atoms with Crippen molar-refractivity contribution in [1.82, 2.24) is 0 Å². The minimum atomic E-state index is -0.118. The zero-order chi connectivity index (χ0) is 16.7. The summed E-state index contributed by atoms with van der Waals surface area (Å²) in [5, 5.41) is 2.65. The van der Waals surface area contributed by atoms with Crippen molar-refractivity contribution in [3.63, 3.8) is 0 Å². The van der Waals surface area contributed by atoms with Gasteiger partial charge < -0.3 is 4.74 Å². The van der Waals surface area contributed by atoms with Crippen LogP contribution in [-0.4, -0.2) is 6.61 Å². The van der Waals surface area contributed by atoms with E-state index in [-0.39, 0.29) is 5.41 Å². The molecule has 1 atom stereocenters. The molecule has 3 aromatic carbocycles. The molecule has 0 aromatic heterocycles. The Morgan fingerprint density at radius 2 is 1.56 bits per heavy atom. The number of rotatable bonds is 2. The molecule has 1 aliphatic carbocycles. The molecule has 3 aromatic rings. The highest BCUT2D eigenvalue weighted by atomic mass is 16.5. The fourth-order valence-electron chi connectivity index (χ4n) is 4.19. The lowest BCUT2D eigenvalue weighted by molar-refractivity contribution is 0.357. The summed E-state index contributed by atoms with van der Waals surface area (Å²) in [4.78, 5) is 0. The van der Waals surface area contributed by atoms with Gasteiger partial charge >= 0.3 is 0 Å². The van der Waals surface area contributed by atoms with E-state index in [9.17, 15) is 0 Å². The molecule has 1 heteroatoms. The molecule has 0 spiro atoms. The molecule has 25 heavy (non-hydrogen) atoms. The summed E-state index contributed by atoms with van der Waals surface area (Å²) in [5.41, 5.74) is 3.92. The maximum atomic E-state index is 5.72. The van der Waals surface area contributed by atoms with E-state index >= 15 is 0 Å². The number of fused-ring (bicyclic) bond motifs is 2. The van der Waals surface area contributed by atoms with Crippen LogP contribution >= 0.6 is 0 Å². The SMILES string of the molecule is C1=c2ccccc2=CC(c2ccccc2)(c2ccc3c(c2)CCO3)C1. The van der Waals surface area contributed by atoms with Gasteiger partial charge in [-0.3, -0.25) is 0 Å². The summed E-state index contributed by atoms with van der Waals surface area (Å²) in [6, 6.07) is 26.3. The zero-order valence-electron chi connectivity index (χ0n) is 14.1. The van der Waals surface area contributed by atoms with Crippen molar-refractivity contribution in [2.45, 2.75) is 18.3 Å². The molecule has 0 N–H and O–H groups in total. The Bertz CT molecular complexity index is 1050. The third-order valence-corrected chi connectivity index (χ3v) is 5.54. The van der Waals surface area contributed by atoms with Crippen LogP contribution in [0.4, 0.5) is 0 Å². The molecular formula is C24H20O. The summed E-state index contributed by atoms with van der Waals surface area (Å²) < 4.78 is 5.72. The van der Waals surface area contributed by atoms with Gasteiger partial charge in [-0.2, -0.15) is 0 Å². The van der Waals surface area contributed by atoms with Crippen molar-refractivity contribution in [2.75, 3.05) is 6.61 Å². The van der Waals surface area contributed by atoms with Crippen LogP contribution in [0.25, 0.3) is 12.2 Å². The predicted molar refractivity (Wildman–Crippen MR) is 102 cm³/mol. The van der Waals surface area contributed by atoms with Crippen LogP contribution < -0.4 is 15.2 Å². The van der Waals surface area contributed by atoms with Crippen LogP contribution in [0.5, 0.6) is 5.75 Å². The molecule has 5 rings (SSSR count). The Balaban J connectivity index is 1.78. The molecule has 0 bridgehead atoms. The van der Waals surface area contributed by atoms with Crippen molar-refractivity contribution >= 4 is 12.2 Å². The van der Waals surface area contributed by atoms with Crippen LogP contribution in [-0.2, 0) is 11.8 Å². The number of benzene rings is 3. The van der Waals surface area contributed by atoms with Crippen molar-refractivity contribution in [1.29, 1.82) is 0 Å². The first-order chi connectivity index (χ1) is 12.4. The molecule has 1 heterocycles. The van der Waals surface area contributed by atoms with E-state index in [0.717, 1.165) is 25.2 Å². The topological polar surface area (TPSA) is 9.23 Å². The maximum Gasteiger partial charge on any atom is 0.122 e. The third-order valence-electron chi connectivity index (χ3n) is 5.54. The molecule has 1 aliphatic heterocycles. The molecule has 0 fully saturated rings. The molecular weight excluding hydrogens is 304 g/mol. The lowest BCUT2D eigenvalue weighted by Gasteiger charge is -2.33. The third kappa shape index (κ3) is 2.31. The highest BCUT2D eigenvalue weighted by Crippen LogP contribution is 2.41. The Kier molecular flexibility index (Phi) is 3.27. The van der Waals surface area contributed by atoms with E-state index in [4.69, 9.17) is 4.74 Å². The lowest BCUT2D eigenvalue weighted by Crippen LogP contribution is -2.37. The van der Waals surface area contributed by atoms with Crippen LogP contribution in [0, 0.1) is 0 Å². The molecule has 2 aliphatic rings. The summed E-state index contributed by atoms with van der Waals surface area (Å²) in [7, 11) is 0. The highest BCUT2D eigenvalue weighted by Gasteiger charge is 2.33. The van der Waals surface area contributed by atoms with Crippen molar-refractivity contribution in [3.8, 4) is 5.75 Å². The summed E-state index contributed by atoms with van der Waals surface area (Å²) in [6.45, 7) is 0.801. The van der Waals surface area contributed by atoms with Crippen LogP contribution in [0.1, 0.15) is 23.1 Å². The van der Waals surface area contributed by atoms with Crippen LogP contribution in [0.15, 0.2) is 72.8 Å². The summed E-state index contributed by atoms with van der Waals surface area (Å²) in [6.07, 6.45) is 6.82. The van der Waals surface area contributed by atoms with E-state index in [1.54, 1.807) is 0 Å². The Labute approximate surface area is 147 Å². The second-order valence-corrected chi connectivity index (χ2v) is 6.94. The maximum absolute atomic E-state index is 5.72. The lowest BCUT2D eigenvalue weighted by atomic mass is 9.69. The summed E-state index contributed by atoms with van der Waals surface area (Å²) in [5.74, 6) is 1.05. The van der Waals surface area contributed by atoms with Gasteiger partial charge in [-0.1, -0.05) is 78.9 Å². The largest absolute Gasteiger partial charge is 0.493 e. The van der Waals surface area contributed by atoms with Gasteiger partial charge in [0.1, 0.15) is 5.75 Å². The smallest absolute Gasteiger partial charge is 0.122 e. The van der Waals surface area contributed by atoms with E-state index in [1.165, 1.54) is 27.1 Å². The minimum absolute atomic E-state index is 0.118. The average Bonchev–Trinajstić information content (AvgIpc) is 3.16. The Morgan fingerprint density at radius 1 is 0.760 bits per heavy atom. The van der Waals surface area contributed by atoms with Gasteiger partial charge in [-0.25, -0.2) is 0 Å². The Hall–Kier alpha value is -2.80. The fourth-order valence-corrected chi connectivity index (χ4v) is 4.19. The van der Waals surface area contributed by atoms with Crippen LogP contribution in [0.3, 0.4) is 0 Å². The van der Waals surface area contributed by atoms with Gasteiger partial charge in [-0.05, 0) is 39.6 Å². The summed E-state index contributed by atoms with van der Waals surface area (Å²) >= 11 is 0. The number of hydrogen-bond acceptors (Lipinski definition) is 1. The molecule has 0 saturated carbocycles. The first-order valence-electron chi connectivity index (χ1n) is 8.95. The fraction of sp³-hybridized carbons (Fsp3) is 0.167. The van der Waals surface area contributed by atoms with Crippen molar-refractivity contribution in [2.24, 2.45) is 0 Å². The molecule has 0 saturated heterocycles. The van der Waals surface area contributed by atoms with Crippen LogP contribution in [0.2, 0.25) is 0 Å². The second-order valence-electron chi connectivity index (χ2n) is 6.94. The zero-order valence-corrected chi connectivity index (χ0v) is 14.1. The first-order valence-corrected chi connectivity index (χ1v) is 8.95. The monoisotopic (exact) mass is 324 g/mol. The number of hydrogen-bond donors (Lipinski definition) is 0. The predicted octanol–water partition coefficient (Wildman–Crippen LogP) is 3.57. The molecule has 0 amide bonds. The van der Waals surface area contributed by atoms with Gasteiger partial charge in [-0.15, -0.1) is 0 Å². The molecule has 0 radical (unpaired) electrons. The quantitative estimate of drug-likeness (QED) is 0.700. The van der Waals surface area contributed by atoms with Gasteiger partial charge in [0, 0.05) is 11.8 Å². The van der Waals surface area contributed by atoms with E-state index < -0.39 is 0 Å².